The summed E-state index contributed by atoms with van der Waals surface area (Å²) in [6, 6.07) is 18.0. The molecule has 10 heteroatoms. The predicted octanol–water partition coefficient (Wildman–Crippen LogP) is 2.91. The van der Waals surface area contributed by atoms with E-state index >= 15 is 0 Å². The van der Waals surface area contributed by atoms with Gasteiger partial charge in [0, 0.05) is 39.8 Å². The second-order valence-electron chi connectivity index (χ2n) is 9.57. The number of hydrogen-bond acceptors (Lipinski definition) is 9. The normalized spacial score (nSPS) is 14.7. The van der Waals surface area contributed by atoms with E-state index in [0.29, 0.717) is 36.9 Å². The monoisotopic (exact) mass is 517 g/mol. The number of anilines is 1. The van der Waals surface area contributed by atoms with Gasteiger partial charge in [0.1, 0.15) is 6.61 Å². The van der Waals surface area contributed by atoms with Crippen molar-refractivity contribution in [2.75, 3.05) is 66.4 Å². The average molecular weight is 518 g/mol. The summed E-state index contributed by atoms with van der Waals surface area (Å²) in [6.07, 6.45) is 0. The van der Waals surface area contributed by atoms with E-state index in [9.17, 15) is 0 Å². The zero-order chi connectivity index (χ0) is 26.5. The highest BCUT2D eigenvalue weighted by molar-refractivity contribution is 5.83. The highest BCUT2D eigenvalue weighted by Gasteiger charge is 2.19. The maximum absolute atomic E-state index is 6.15. The van der Waals surface area contributed by atoms with Gasteiger partial charge in [0.2, 0.25) is 0 Å². The van der Waals surface area contributed by atoms with Gasteiger partial charge >= 0.3 is 6.01 Å². The molecule has 0 saturated carbocycles. The van der Waals surface area contributed by atoms with Crippen molar-refractivity contribution in [3.8, 4) is 23.1 Å². The molecule has 0 unspecified atom stereocenters. The first-order chi connectivity index (χ1) is 18.5. The van der Waals surface area contributed by atoms with Crippen LogP contribution in [0.1, 0.15) is 11.1 Å². The van der Waals surface area contributed by atoms with Crippen molar-refractivity contribution in [2.45, 2.75) is 13.1 Å². The van der Waals surface area contributed by atoms with E-state index in [1.54, 1.807) is 14.2 Å². The SMILES string of the molecule is COCCOc1nc(N)c2nc(OC)n(Cc3ccc(-c4cccc(CN5CCN(C)CC5)c4)cc3)c2n1. The van der Waals surface area contributed by atoms with Crippen LogP contribution < -0.4 is 15.2 Å². The lowest BCUT2D eigenvalue weighted by atomic mass is 10.0. The number of nitrogens with two attached hydrogens (primary N) is 1. The summed E-state index contributed by atoms with van der Waals surface area (Å²) in [5, 5.41) is 0. The molecule has 200 valence electrons. The highest BCUT2D eigenvalue weighted by Crippen LogP contribution is 2.27. The lowest BCUT2D eigenvalue weighted by Crippen LogP contribution is -2.43. The molecule has 1 aliphatic rings. The number of piperazine rings is 1. The first-order valence-corrected chi connectivity index (χ1v) is 12.8. The Morgan fingerprint density at radius 1 is 0.842 bits per heavy atom. The third-order valence-corrected chi connectivity index (χ3v) is 6.82. The van der Waals surface area contributed by atoms with Crippen molar-refractivity contribution in [3.05, 3.63) is 59.7 Å². The van der Waals surface area contributed by atoms with Crippen LogP contribution >= 0.6 is 0 Å². The molecular weight excluding hydrogens is 482 g/mol. The number of benzene rings is 2. The lowest BCUT2D eigenvalue weighted by Gasteiger charge is -2.32. The smallest absolute Gasteiger partial charge is 0.320 e. The molecule has 1 saturated heterocycles. The second-order valence-corrected chi connectivity index (χ2v) is 9.57. The minimum Gasteiger partial charge on any atom is -0.468 e. The van der Waals surface area contributed by atoms with Crippen molar-refractivity contribution in [2.24, 2.45) is 0 Å². The fourth-order valence-corrected chi connectivity index (χ4v) is 4.66. The molecule has 1 fully saturated rings. The number of imidazole rings is 1. The molecule has 38 heavy (non-hydrogen) atoms. The van der Waals surface area contributed by atoms with Gasteiger partial charge in [-0.1, -0.05) is 42.5 Å². The van der Waals surface area contributed by atoms with Crippen molar-refractivity contribution < 1.29 is 14.2 Å². The molecule has 2 N–H and O–H groups in total. The Morgan fingerprint density at radius 3 is 2.37 bits per heavy atom. The van der Waals surface area contributed by atoms with E-state index in [-0.39, 0.29) is 11.8 Å². The van der Waals surface area contributed by atoms with Gasteiger partial charge in [-0.25, -0.2) is 0 Å². The molecule has 2 aromatic carbocycles. The molecule has 0 spiro atoms. The average Bonchev–Trinajstić information content (AvgIpc) is 3.28. The van der Waals surface area contributed by atoms with Crippen LogP contribution in [0.3, 0.4) is 0 Å². The summed E-state index contributed by atoms with van der Waals surface area (Å²) in [5.74, 6) is 0.242. The molecular formula is C28H35N7O3. The van der Waals surface area contributed by atoms with Crippen LogP contribution in [0.25, 0.3) is 22.3 Å². The number of nitrogen functional groups attached to an aromatic ring is 1. The Bertz CT molecular complexity index is 1370. The summed E-state index contributed by atoms with van der Waals surface area (Å²) in [5.41, 5.74) is 12.0. The molecule has 0 aliphatic carbocycles. The van der Waals surface area contributed by atoms with Crippen molar-refractivity contribution in [3.63, 3.8) is 0 Å². The summed E-state index contributed by atoms with van der Waals surface area (Å²) < 4.78 is 18.0. The van der Waals surface area contributed by atoms with Crippen LogP contribution in [0.2, 0.25) is 0 Å². The number of aromatic nitrogens is 4. The number of hydrogen-bond donors (Lipinski definition) is 1. The highest BCUT2D eigenvalue weighted by atomic mass is 16.5. The fraction of sp³-hybridized carbons (Fsp3) is 0.393. The summed E-state index contributed by atoms with van der Waals surface area (Å²) in [6.45, 7) is 6.71. The maximum atomic E-state index is 6.15. The molecule has 3 heterocycles. The molecule has 0 amide bonds. The standard InChI is InChI=1S/C28H35N7O3/c1-33-11-13-34(14-12-33)18-21-5-4-6-23(17-21)22-9-7-20(8-10-22)19-35-26-24(30-28(35)37-3)25(29)31-27(32-26)38-16-15-36-2/h4-10,17H,11-16,18-19H2,1-3H3,(H2,29,31,32). The molecule has 10 nitrogen and oxygen atoms in total. The van der Waals surface area contributed by atoms with Crippen LogP contribution in [0.15, 0.2) is 48.5 Å². The molecule has 0 atom stereocenters. The molecule has 0 bridgehead atoms. The van der Waals surface area contributed by atoms with E-state index in [2.05, 4.69) is 80.3 Å². The number of methoxy groups -OCH3 is 2. The van der Waals surface area contributed by atoms with Crippen LogP contribution in [0.5, 0.6) is 12.0 Å². The molecule has 5 rings (SSSR count). The van der Waals surface area contributed by atoms with Gasteiger partial charge in [-0.15, -0.1) is 0 Å². The third kappa shape index (κ3) is 5.88. The molecule has 4 aromatic rings. The van der Waals surface area contributed by atoms with E-state index in [0.717, 1.165) is 38.3 Å². The summed E-state index contributed by atoms with van der Waals surface area (Å²) >= 11 is 0. The Kier molecular flexibility index (Phi) is 8.02. The maximum Gasteiger partial charge on any atom is 0.320 e. The number of likely N-dealkylation sites (N-methyl/N-ethyl adjacent to an activating group) is 1. The van der Waals surface area contributed by atoms with Crippen LogP contribution in [0, 0.1) is 0 Å². The Morgan fingerprint density at radius 2 is 1.63 bits per heavy atom. The van der Waals surface area contributed by atoms with Gasteiger partial charge in [0.25, 0.3) is 6.01 Å². The van der Waals surface area contributed by atoms with Crippen LogP contribution in [-0.4, -0.2) is 90.0 Å². The summed E-state index contributed by atoms with van der Waals surface area (Å²) in [7, 11) is 5.38. The number of nitrogens with zero attached hydrogens (tertiary/aromatic N) is 6. The third-order valence-electron chi connectivity index (χ3n) is 6.82. The minimum atomic E-state index is 0.183. The zero-order valence-corrected chi connectivity index (χ0v) is 22.3. The van der Waals surface area contributed by atoms with E-state index in [1.807, 2.05) is 4.57 Å². The topological polar surface area (TPSA) is 104 Å². The zero-order valence-electron chi connectivity index (χ0n) is 22.3. The minimum absolute atomic E-state index is 0.183. The predicted molar refractivity (Wildman–Crippen MR) is 147 cm³/mol. The molecule has 0 radical (unpaired) electrons. The Balaban J connectivity index is 1.34. The number of rotatable bonds is 10. The van der Waals surface area contributed by atoms with Gasteiger partial charge < -0.3 is 24.8 Å². The second kappa shape index (κ2) is 11.8. The lowest BCUT2D eigenvalue weighted by molar-refractivity contribution is 0.141. The van der Waals surface area contributed by atoms with Crippen LogP contribution in [-0.2, 0) is 17.8 Å². The Hall–Kier alpha value is -3.73. The molecule has 2 aromatic heterocycles. The first-order valence-electron chi connectivity index (χ1n) is 12.8. The van der Waals surface area contributed by atoms with E-state index in [1.165, 1.54) is 16.7 Å². The van der Waals surface area contributed by atoms with Gasteiger partial charge in [0.05, 0.1) is 20.3 Å². The summed E-state index contributed by atoms with van der Waals surface area (Å²) in [4.78, 5) is 18.2. The quantitative estimate of drug-likeness (QED) is 0.318. The largest absolute Gasteiger partial charge is 0.468 e. The Labute approximate surface area is 223 Å². The number of ether oxygens (including phenoxy) is 3. The van der Waals surface area contributed by atoms with Crippen molar-refractivity contribution >= 4 is 17.0 Å². The molecule has 1 aliphatic heterocycles. The first kappa shape index (κ1) is 25.9. The van der Waals surface area contributed by atoms with Crippen molar-refractivity contribution in [1.82, 2.24) is 29.3 Å². The van der Waals surface area contributed by atoms with Gasteiger partial charge in [-0.2, -0.15) is 15.0 Å². The van der Waals surface area contributed by atoms with Gasteiger partial charge in [-0.05, 0) is 35.4 Å². The number of fused-ring (bicyclic) bond motifs is 1. The fourth-order valence-electron chi connectivity index (χ4n) is 4.66. The van der Waals surface area contributed by atoms with Gasteiger partial charge in [0.15, 0.2) is 17.0 Å². The van der Waals surface area contributed by atoms with E-state index in [4.69, 9.17) is 19.9 Å². The van der Waals surface area contributed by atoms with Crippen LogP contribution in [0.4, 0.5) is 5.82 Å². The van der Waals surface area contributed by atoms with Gasteiger partial charge in [-0.3, -0.25) is 9.47 Å². The van der Waals surface area contributed by atoms with Crippen molar-refractivity contribution in [1.29, 1.82) is 0 Å². The van der Waals surface area contributed by atoms with E-state index < -0.39 is 0 Å².